The Morgan fingerprint density at radius 2 is 1.23 bits per heavy atom. The average molecular weight is 815 g/mol. The van der Waals surface area contributed by atoms with E-state index in [1.54, 1.807) is 0 Å². The average Bonchev–Trinajstić information content (AvgIpc) is 4.12. The molecule has 0 spiro atoms. The number of amides is 4. The Morgan fingerprint density at radius 1 is 0.683 bits per heavy atom. The first-order chi connectivity index (χ1) is 28.9. The van der Waals surface area contributed by atoms with Crippen molar-refractivity contribution in [3.05, 3.63) is 84.7 Å². The first-order valence-electron chi connectivity index (χ1n) is 21.0. The number of likely N-dealkylation sites (tertiary alicyclic amines) is 2. The molecule has 14 nitrogen and oxygen atoms in total. The van der Waals surface area contributed by atoms with Gasteiger partial charge in [-0.15, -0.1) is 0 Å². The molecule has 2 saturated heterocycles. The van der Waals surface area contributed by atoms with Crippen LogP contribution in [0.3, 0.4) is 0 Å². The van der Waals surface area contributed by atoms with Gasteiger partial charge in [-0.25, -0.2) is 19.6 Å². The molecule has 314 valence electrons. The van der Waals surface area contributed by atoms with Crippen LogP contribution in [0.2, 0.25) is 0 Å². The fraction of sp³-hybridized carbons (Fsp3) is 0.435. The number of methoxy groups -OCH3 is 2. The van der Waals surface area contributed by atoms with Crippen molar-refractivity contribution in [2.45, 2.75) is 90.0 Å². The highest BCUT2D eigenvalue weighted by Crippen LogP contribution is 2.50. The number of ether oxygens (including phenoxy) is 2. The predicted molar refractivity (Wildman–Crippen MR) is 227 cm³/mol. The van der Waals surface area contributed by atoms with Crippen LogP contribution in [0.15, 0.2) is 73.1 Å². The van der Waals surface area contributed by atoms with E-state index in [4.69, 9.17) is 19.4 Å². The lowest BCUT2D eigenvalue weighted by molar-refractivity contribution is -0.139. The molecule has 1 aliphatic carbocycles. The Labute approximate surface area is 349 Å². The number of imidazole rings is 2. The third-order valence-corrected chi connectivity index (χ3v) is 12.6. The van der Waals surface area contributed by atoms with E-state index < -0.39 is 24.3 Å². The summed E-state index contributed by atoms with van der Waals surface area (Å²) in [5.41, 5.74) is 5.93. The number of hydrogen-bond acceptors (Lipinski definition) is 8. The van der Waals surface area contributed by atoms with Crippen LogP contribution in [0.25, 0.3) is 44.4 Å². The van der Waals surface area contributed by atoms with E-state index >= 15 is 0 Å². The van der Waals surface area contributed by atoms with E-state index in [9.17, 15) is 19.2 Å². The van der Waals surface area contributed by atoms with Crippen molar-refractivity contribution in [1.82, 2.24) is 40.4 Å². The number of fused-ring (bicyclic) bond motifs is 3. The lowest BCUT2D eigenvalue weighted by Crippen LogP contribution is -2.54. The molecule has 6 atom stereocenters. The standard InChI is InChI=1S/C46H54N8O6/c1-25(2)38(51-45(57)59-5)43(55)53-19-7-8-37(53)41-47-24-36(49-41)32-16-15-30-20-29(13-14-31(30)21-32)27-9-11-28(12-10-27)35-23-48-42(50-35)40-33-17-18-34(22-33)54(40)44(56)39(26(3)4)52-46(58)60-6/h9-16,20-21,23-26,33-34,37-40H,7-8,17-19,22H2,1-6H3,(H,47,49)(H,48,50)(H,51,57)(H,52,58)/t33-,34+,37+,38?,39+,40+/m1/s1. The molecule has 14 heteroatoms. The minimum Gasteiger partial charge on any atom is -0.453 e. The van der Waals surface area contributed by atoms with Crippen molar-refractivity contribution in [3.63, 3.8) is 0 Å². The van der Waals surface area contributed by atoms with Crippen molar-refractivity contribution >= 4 is 34.8 Å². The third kappa shape index (κ3) is 7.82. The zero-order valence-electron chi connectivity index (χ0n) is 35.0. The number of hydrogen-bond donors (Lipinski definition) is 4. The van der Waals surface area contributed by atoms with E-state index in [1.165, 1.54) is 14.2 Å². The van der Waals surface area contributed by atoms with Gasteiger partial charge in [0.1, 0.15) is 23.7 Å². The van der Waals surface area contributed by atoms with Crippen molar-refractivity contribution in [3.8, 4) is 33.6 Å². The summed E-state index contributed by atoms with van der Waals surface area (Å²) in [6.45, 7) is 8.27. The zero-order chi connectivity index (χ0) is 42.2. The van der Waals surface area contributed by atoms with Gasteiger partial charge in [0.05, 0.1) is 50.1 Å². The molecule has 4 amide bonds. The Morgan fingerprint density at radius 3 is 1.88 bits per heavy atom. The number of H-pyrrole nitrogens is 2. The van der Waals surface area contributed by atoms with Gasteiger partial charge in [0.15, 0.2) is 0 Å². The highest BCUT2D eigenvalue weighted by Gasteiger charge is 2.51. The lowest BCUT2D eigenvalue weighted by atomic mass is 9.95. The first-order valence-corrected chi connectivity index (χ1v) is 21.0. The molecule has 60 heavy (non-hydrogen) atoms. The smallest absolute Gasteiger partial charge is 0.407 e. The van der Waals surface area contributed by atoms with Gasteiger partial charge < -0.3 is 39.9 Å². The topological polar surface area (TPSA) is 175 Å². The van der Waals surface area contributed by atoms with Crippen LogP contribution in [0.1, 0.15) is 83.5 Å². The van der Waals surface area contributed by atoms with Crippen molar-refractivity contribution in [2.24, 2.45) is 17.8 Å². The lowest BCUT2D eigenvalue weighted by Gasteiger charge is -2.37. The van der Waals surface area contributed by atoms with Gasteiger partial charge >= 0.3 is 12.2 Å². The maximum Gasteiger partial charge on any atom is 0.407 e. The number of benzene rings is 3. The molecule has 1 saturated carbocycles. The number of aromatic amines is 2. The summed E-state index contributed by atoms with van der Waals surface area (Å²) in [7, 11) is 2.60. The second-order valence-corrected chi connectivity index (χ2v) is 17.0. The summed E-state index contributed by atoms with van der Waals surface area (Å²) >= 11 is 0. The van der Waals surface area contributed by atoms with Crippen LogP contribution in [-0.2, 0) is 19.1 Å². The highest BCUT2D eigenvalue weighted by atomic mass is 16.5. The molecule has 3 aliphatic rings. The Balaban J connectivity index is 0.954. The molecule has 1 unspecified atom stereocenters. The normalized spacial score (nSPS) is 20.8. The molecule has 5 aromatic rings. The fourth-order valence-electron chi connectivity index (χ4n) is 9.43. The first kappa shape index (κ1) is 40.6. The summed E-state index contributed by atoms with van der Waals surface area (Å²) in [5, 5.41) is 7.66. The number of nitrogens with zero attached hydrogens (tertiary/aromatic N) is 4. The monoisotopic (exact) mass is 814 g/mol. The summed E-state index contributed by atoms with van der Waals surface area (Å²) in [4.78, 5) is 72.0. The van der Waals surface area contributed by atoms with Crippen LogP contribution < -0.4 is 10.6 Å². The van der Waals surface area contributed by atoms with Crippen LogP contribution in [0, 0.1) is 17.8 Å². The van der Waals surface area contributed by atoms with Gasteiger partial charge in [-0.1, -0.05) is 76.2 Å². The van der Waals surface area contributed by atoms with Gasteiger partial charge in [0.2, 0.25) is 11.8 Å². The van der Waals surface area contributed by atoms with Gasteiger partial charge in [-0.2, -0.15) is 0 Å². The largest absolute Gasteiger partial charge is 0.453 e. The molecule has 3 aromatic carbocycles. The summed E-state index contributed by atoms with van der Waals surface area (Å²) in [5.74, 6) is 1.38. The Hall–Kier alpha value is -6.18. The van der Waals surface area contributed by atoms with Crippen LogP contribution in [0.4, 0.5) is 9.59 Å². The molecule has 3 fully saturated rings. The summed E-state index contributed by atoms with van der Waals surface area (Å²) in [6.07, 6.45) is 7.00. The molecule has 0 radical (unpaired) electrons. The maximum atomic E-state index is 13.9. The van der Waals surface area contributed by atoms with Crippen LogP contribution >= 0.6 is 0 Å². The van der Waals surface area contributed by atoms with Gasteiger partial charge in [0.25, 0.3) is 0 Å². The molecule has 8 rings (SSSR count). The number of carbonyl (C=O) groups excluding carboxylic acids is 4. The van der Waals surface area contributed by atoms with Crippen LogP contribution in [0.5, 0.6) is 0 Å². The number of aromatic nitrogens is 4. The summed E-state index contributed by atoms with van der Waals surface area (Å²) in [6, 6.07) is 19.6. The quantitative estimate of drug-likeness (QED) is 0.105. The van der Waals surface area contributed by atoms with E-state index in [-0.39, 0.29) is 41.8 Å². The van der Waals surface area contributed by atoms with Crippen molar-refractivity contribution < 1.29 is 28.7 Å². The minimum atomic E-state index is -0.688. The number of piperidine rings is 1. The summed E-state index contributed by atoms with van der Waals surface area (Å²) < 4.78 is 9.60. The van der Waals surface area contributed by atoms with Crippen LogP contribution in [-0.4, -0.2) is 92.6 Å². The van der Waals surface area contributed by atoms with E-state index in [0.717, 1.165) is 88.2 Å². The number of nitrogens with one attached hydrogen (secondary N) is 4. The van der Waals surface area contributed by atoms with E-state index in [2.05, 4.69) is 81.3 Å². The highest BCUT2D eigenvalue weighted by molar-refractivity contribution is 5.91. The van der Waals surface area contributed by atoms with E-state index in [1.807, 2.05) is 49.9 Å². The van der Waals surface area contributed by atoms with E-state index in [0.29, 0.717) is 12.5 Å². The van der Waals surface area contributed by atoms with Crippen molar-refractivity contribution in [2.75, 3.05) is 20.8 Å². The molecule has 2 bridgehead atoms. The maximum absolute atomic E-state index is 13.9. The second kappa shape index (κ2) is 16.8. The van der Waals surface area contributed by atoms with Gasteiger partial charge in [-0.05, 0) is 89.5 Å². The van der Waals surface area contributed by atoms with Gasteiger partial charge in [0, 0.05) is 18.2 Å². The molecule has 2 aliphatic heterocycles. The number of carbonyl (C=O) groups is 4. The molecule has 4 N–H and O–H groups in total. The second-order valence-electron chi connectivity index (χ2n) is 17.0. The number of alkyl carbamates (subject to hydrolysis) is 2. The van der Waals surface area contributed by atoms with Crippen molar-refractivity contribution in [1.29, 1.82) is 0 Å². The molecular formula is C46H54N8O6. The fourth-order valence-corrected chi connectivity index (χ4v) is 9.43. The molecule has 2 aromatic heterocycles. The Kier molecular flexibility index (Phi) is 11.4. The third-order valence-electron chi connectivity index (χ3n) is 12.6. The zero-order valence-corrected chi connectivity index (χ0v) is 35.0. The molecule has 4 heterocycles. The number of rotatable bonds is 11. The molecular weight excluding hydrogens is 761 g/mol. The van der Waals surface area contributed by atoms with Gasteiger partial charge in [-0.3, -0.25) is 9.59 Å². The Bertz CT molecular complexity index is 2390. The minimum absolute atomic E-state index is 0.0918. The SMILES string of the molecule is COC(=O)NC(C(=O)N1CCC[C@H]1c1ncc(-c2ccc3cc(-c4ccc(-c5cnc([C@@H]6[C@@H]7CC[C@@H](C7)N6C(=O)[C@@H](NC(=O)OC)C(C)C)[nH]5)cc4)ccc3c2)[nH]1)C(C)C. The predicted octanol–water partition coefficient (Wildman–Crippen LogP) is 7.76.